The van der Waals surface area contributed by atoms with Crippen LogP contribution in [-0.2, 0) is 9.59 Å². The van der Waals surface area contributed by atoms with Gasteiger partial charge in [-0.25, -0.2) is 4.98 Å². The Morgan fingerprint density at radius 2 is 1.66 bits per heavy atom. The van der Waals surface area contributed by atoms with E-state index >= 15 is 0 Å². The van der Waals surface area contributed by atoms with Gasteiger partial charge in [-0.05, 0) is 35.9 Å². The number of carbonyl (C=O) groups is 3. The Hall–Kier alpha value is -4.24. The van der Waals surface area contributed by atoms with Crippen molar-refractivity contribution in [3.63, 3.8) is 0 Å². The van der Waals surface area contributed by atoms with E-state index in [-0.39, 0.29) is 24.8 Å². The summed E-state index contributed by atoms with van der Waals surface area (Å²) < 4.78 is 6.09. The maximum Gasteiger partial charge on any atom is 0.251 e. The number of methoxy groups -OCH3 is 1. The fourth-order valence-corrected chi connectivity index (χ4v) is 4.36. The molecule has 1 atom stereocenters. The lowest BCUT2D eigenvalue weighted by Gasteiger charge is -2.19. The van der Waals surface area contributed by atoms with Crippen molar-refractivity contribution in [2.75, 3.05) is 19.0 Å². The number of hydrogen-bond donors (Lipinski definition) is 3. The molecule has 0 spiro atoms. The number of thiazole rings is 1. The summed E-state index contributed by atoms with van der Waals surface area (Å²) in [4.78, 5) is 42.1. The average Bonchev–Trinajstić information content (AvgIpc) is 3.29. The number of nitrogens with one attached hydrogen (secondary N) is 3. The van der Waals surface area contributed by atoms with E-state index < -0.39 is 11.9 Å². The van der Waals surface area contributed by atoms with E-state index in [1.165, 1.54) is 11.3 Å². The first-order chi connectivity index (χ1) is 17.0. The summed E-state index contributed by atoms with van der Waals surface area (Å²) in [6, 6.07) is 22.9. The lowest BCUT2D eigenvalue weighted by atomic mass is 10.0. The number of ether oxygens (including phenoxy) is 1. The molecule has 1 aromatic heterocycles. The van der Waals surface area contributed by atoms with Crippen LogP contribution in [0.3, 0.4) is 0 Å². The Morgan fingerprint density at radius 1 is 0.943 bits per heavy atom. The molecule has 35 heavy (non-hydrogen) atoms. The van der Waals surface area contributed by atoms with Gasteiger partial charge in [-0.2, -0.15) is 0 Å². The molecular weight excluding hydrogens is 464 g/mol. The van der Waals surface area contributed by atoms with Crippen molar-refractivity contribution < 1.29 is 19.1 Å². The molecule has 0 aliphatic heterocycles. The zero-order valence-corrected chi connectivity index (χ0v) is 19.8. The molecule has 0 aliphatic rings. The predicted octanol–water partition coefficient (Wildman–Crippen LogP) is 3.92. The van der Waals surface area contributed by atoms with Crippen LogP contribution in [0, 0.1) is 0 Å². The van der Waals surface area contributed by atoms with E-state index in [0.717, 1.165) is 15.8 Å². The molecule has 4 rings (SSSR count). The van der Waals surface area contributed by atoms with Crippen LogP contribution in [-0.4, -0.2) is 36.4 Å². The first-order valence-electron chi connectivity index (χ1n) is 10.9. The average molecular weight is 489 g/mol. The second-order valence-electron chi connectivity index (χ2n) is 7.68. The highest BCUT2D eigenvalue weighted by atomic mass is 32.1. The van der Waals surface area contributed by atoms with Crippen LogP contribution in [0.2, 0.25) is 0 Å². The fourth-order valence-electron chi connectivity index (χ4n) is 3.45. The minimum absolute atomic E-state index is 0.0171. The van der Waals surface area contributed by atoms with Crippen LogP contribution in [0.25, 0.3) is 10.2 Å². The molecule has 0 saturated heterocycles. The molecule has 0 bridgehead atoms. The lowest BCUT2D eigenvalue weighted by Crippen LogP contribution is -2.37. The zero-order chi connectivity index (χ0) is 24.6. The number of aromatic nitrogens is 1. The molecule has 9 heteroatoms. The maximum atomic E-state index is 12.7. The van der Waals surface area contributed by atoms with Gasteiger partial charge in [0.1, 0.15) is 5.75 Å². The number of carbonyl (C=O) groups excluding carboxylic acids is 3. The normalized spacial score (nSPS) is 11.5. The Labute approximate surface area is 206 Å². The third-order valence-electron chi connectivity index (χ3n) is 5.22. The SMILES string of the molecule is COc1ccc2nc(NC(=O)CNC(=O)CC(NC(=O)c3ccccc3)c3ccccc3)sc2c1. The van der Waals surface area contributed by atoms with Crippen molar-refractivity contribution in [3.8, 4) is 5.75 Å². The third-order valence-corrected chi connectivity index (χ3v) is 6.15. The van der Waals surface area contributed by atoms with Gasteiger partial charge in [0.05, 0.1) is 36.3 Å². The maximum absolute atomic E-state index is 12.7. The van der Waals surface area contributed by atoms with Gasteiger partial charge in [-0.15, -0.1) is 0 Å². The van der Waals surface area contributed by atoms with Crippen LogP contribution < -0.4 is 20.7 Å². The second kappa shape index (κ2) is 11.3. The highest BCUT2D eigenvalue weighted by molar-refractivity contribution is 7.22. The summed E-state index contributed by atoms with van der Waals surface area (Å²) in [5, 5.41) is 8.68. The molecule has 1 heterocycles. The van der Waals surface area contributed by atoms with Gasteiger partial charge in [0.25, 0.3) is 5.91 Å². The molecule has 1 unspecified atom stereocenters. The van der Waals surface area contributed by atoms with Crippen molar-refractivity contribution >= 4 is 44.4 Å². The van der Waals surface area contributed by atoms with Crippen molar-refractivity contribution in [3.05, 3.63) is 90.0 Å². The van der Waals surface area contributed by atoms with Crippen molar-refractivity contribution in [2.45, 2.75) is 12.5 Å². The minimum atomic E-state index is -0.550. The monoisotopic (exact) mass is 488 g/mol. The molecule has 178 valence electrons. The minimum Gasteiger partial charge on any atom is -0.497 e. The second-order valence-corrected chi connectivity index (χ2v) is 8.72. The van der Waals surface area contributed by atoms with Gasteiger partial charge < -0.3 is 20.7 Å². The molecule has 3 N–H and O–H groups in total. The first kappa shape index (κ1) is 23.9. The Bertz CT molecular complexity index is 1330. The number of anilines is 1. The number of rotatable bonds is 9. The van der Waals surface area contributed by atoms with Gasteiger partial charge in [-0.3, -0.25) is 14.4 Å². The summed E-state index contributed by atoms with van der Waals surface area (Å²) in [6.45, 7) is -0.216. The molecule has 0 fully saturated rings. The van der Waals surface area contributed by atoms with E-state index in [9.17, 15) is 14.4 Å². The van der Waals surface area contributed by atoms with Gasteiger partial charge in [0.15, 0.2) is 5.13 Å². The van der Waals surface area contributed by atoms with Crippen molar-refractivity contribution in [2.24, 2.45) is 0 Å². The molecule has 4 aromatic rings. The summed E-state index contributed by atoms with van der Waals surface area (Å²) in [5.41, 5.74) is 2.04. The number of fused-ring (bicyclic) bond motifs is 1. The van der Waals surface area contributed by atoms with Crippen molar-refractivity contribution in [1.29, 1.82) is 0 Å². The van der Waals surface area contributed by atoms with Crippen LogP contribution in [0.1, 0.15) is 28.4 Å². The molecule has 0 aliphatic carbocycles. The van der Waals surface area contributed by atoms with Crippen molar-refractivity contribution in [1.82, 2.24) is 15.6 Å². The standard InChI is InChI=1S/C26H24N4O4S/c1-34-19-12-13-20-22(14-19)35-26(29-20)30-24(32)16-27-23(31)15-21(17-8-4-2-5-9-17)28-25(33)18-10-6-3-7-11-18/h2-14,21H,15-16H2,1H3,(H,27,31)(H,28,33)(H,29,30,32). The molecule has 8 nitrogen and oxygen atoms in total. The van der Waals surface area contributed by atoms with Crippen LogP contribution in [0.4, 0.5) is 5.13 Å². The highest BCUT2D eigenvalue weighted by Gasteiger charge is 2.20. The predicted molar refractivity (Wildman–Crippen MR) is 136 cm³/mol. The number of nitrogens with zero attached hydrogens (tertiary/aromatic N) is 1. The van der Waals surface area contributed by atoms with E-state index in [2.05, 4.69) is 20.9 Å². The molecule has 3 amide bonds. The fraction of sp³-hybridized carbons (Fsp3) is 0.154. The molecule has 3 aromatic carbocycles. The number of amides is 3. The van der Waals surface area contributed by atoms with Gasteiger partial charge in [-0.1, -0.05) is 59.9 Å². The Kier molecular flexibility index (Phi) is 7.69. The van der Waals surface area contributed by atoms with Gasteiger partial charge in [0, 0.05) is 5.56 Å². The number of hydrogen-bond acceptors (Lipinski definition) is 6. The zero-order valence-electron chi connectivity index (χ0n) is 19.0. The summed E-state index contributed by atoms with van der Waals surface area (Å²) in [5.74, 6) is -0.332. The van der Waals surface area contributed by atoms with E-state index in [1.54, 1.807) is 37.4 Å². The third kappa shape index (κ3) is 6.42. The first-order valence-corrected chi connectivity index (χ1v) is 11.8. The highest BCUT2D eigenvalue weighted by Crippen LogP contribution is 2.29. The topological polar surface area (TPSA) is 109 Å². The summed E-state index contributed by atoms with van der Waals surface area (Å²) >= 11 is 1.32. The smallest absolute Gasteiger partial charge is 0.251 e. The Morgan fingerprint density at radius 3 is 2.37 bits per heavy atom. The van der Waals surface area contributed by atoms with Crippen LogP contribution in [0.5, 0.6) is 5.75 Å². The molecule has 0 saturated carbocycles. The van der Waals surface area contributed by atoms with Gasteiger partial charge >= 0.3 is 0 Å². The summed E-state index contributed by atoms with van der Waals surface area (Å²) in [7, 11) is 1.59. The van der Waals surface area contributed by atoms with E-state index in [1.807, 2.05) is 48.5 Å². The van der Waals surface area contributed by atoms with Crippen LogP contribution in [0.15, 0.2) is 78.9 Å². The van der Waals surface area contributed by atoms with E-state index in [0.29, 0.717) is 16.4 Å². The molecule has 0 radical (unpaired) electrons. The number of benzene rings is 3. The van der Waals surface area contributed by atoms with E-state index in [4.69, 9.17) is 4.74 Å². The Balaban J connectivity index is 1.35. The quantitative estimate of drug-likeness (QED) is 0.331. The lowest BCUT2D eigenvalue weighted by molar-refractivity contribution is -0.124. The van der Waals surface area contributed by atoms with Gasteiger partial charge in [0.2, 0.25) is 11.8 Å². The summed E-state index contributed by atoms with van der Waals surface area (Å²) in [6.07, 6.45) is -0.0171. The van der Waals surface area contributed by atoms with Crippen LogP contribution >= 0.6 is 11.3 Å². The largest absolute Gasteiger partial charge is 0.497 e. The molecular formula is C26H24N4O4S.